The number of benzene rings is 1. The number of nitrogens with one attached hydrogen (secondary N) is 2. The van der Waals surface area contributed by atoms with Gasteiger partial charge in [-0.3, -0.25) is 4.79 Å². The molecule has 0 saturated heterocycles. The molecule has 0 spiro atoms. The number of H-pyrrole nitrogens is 1. The van der Waals surface area contributed by atoms with Crippen molar-refractivity contribution in [3.63, 3.8) is 0 Å². The number of nitrogens with zero attached hydrogens (tertiary/aromatic N) is 3. The minimum absolute atomic E-state index is 0.0197. The van der Waals surface area contributed by atoms with Crippen LogP contribution in [0.25, 0.3) is 22.3 Å². The van der Waals surface area contributed by atoms with E-state index < -0.39 is 11.6 Å². The van der Waals surface area contributed by atoms with Crippen molar-refractivity contribution in [1.82, 2.24) is 25.2 Å². The molecule has 9 heteroatoms. The Kier molecular flexibility index (Phi) is 7.75. The molecule has 3 aromatic rings. The standard InChI is InChI=1S/C31H41N5O4/c1-6-19-9-14-24(40-16-20-7-8-20)23(15-19)26-28-27(33-17-32-26)25(18(2)34-28)29(37)35-21-10-12-22(13-11-21)36(30(38)39)31(3,4)5/h9,14-15,17,20-22,34H,6-8,10-13,16H2,1-5H3,(H,35,37)(H,38,39). The molecule has 2 aliphatic rings. The molecule has 0 atom stereocenters. The summed E-state index contributed by atoms with van der Waals surface area (Å²) in [6.07, 6.45) is 6.82. The SMILES string of the molecule is CCc1ccc(OCC2CC2)c(-c2ncnc3c(C(=O)NC4CCC(N(C(=O)O)C(C)(C)C)CC4)c(C)[nH]c23)c1. The highest BCUT2D eigenvalue weighted by molar-refractivity contribution is 6.09. The van der Waals surface area contributed by atoms with E-state index in [9.17, 15) is 14.7 Å². The van der Waals surface area contributed by atoms with Crippen molar-refractivity contribution in [2.45, 2.75) is 97.2 Å². The molecule has 1 aromatic carbocycles. The van der Waals surface area contributed by atoms with Gasteiger partial charge >= 0.3 is 6.09 Å². The number of carboxylic acid groups (broad SMARTS) is 1. The van der Waals surface area contributed by atoms with Crippen LogP contribution in [0, 0.1) is 12.8 Å². The quantitative estimate of drug-likeness (QED) is 0.313. The van der Waals surface area contributed by atoms with E-state index in [0.717, 1.165) is 47.5 Å². The molecule has 2 fully saturated rings. The molecule has 0 unspecified atom stereocenters. The number of carbonyl (C=O) groups excluding carboxylic acids is 1. The van der Waals surface area contributed by atoms with Crippen LogP contribution in [0.1, 0.15) is 87.8 Å². The predicted octanol–water partition coefficient (Wildman–Crippen LogP) is 6.10. The first-order chi connectivity index (χ1) is 19.1. The van der Waals surface area contributed by atoms with Crippen molar-refractivity contribution in [3.05, 3.63) is 41.3 Å². The number of ether oxygens (including phenoxy) is 1. The molecule has 0 radical (unpaired) electrons. The van der Waals surface area contributed by atoms with Gasteiger partial charge in [0.1, 0.15) is 23.3 Å². The molecule has 2 aliphatic carbocycles. The van der Waals surface area contributed by atoms with E-state index >= 15 is 0 Å². The van der Waals surface area contributed by atoms with Crippen LogP contribution in [0.3, 0.4) is 0 Å². The van der Waals surface area contributed by atoms with Gasteiger partial charge in [-0.25, -0.2) is 14.8 Å². The summed E-state index contributed by atoms with van der Waals surface area (Å²) >= 11 is 0. The molecule has 214 valence electrons. The normalized spacial score (nSPS) is 19.4. The van der Waals surface area contributed by atoms with Gasteiger partial charge in [-0.2, -0.15) is 0 Å². The second kappa shape index (κ2) is 11.1. The number of hydrogen-bond donors (Lipinski definition) is 3. The zero-order valence-electron chi connectivity index (χ0n) is 24.2. The van der Waals surface area contributed by atoms with E-state index in [1.165, 1.54) is 24.7 Å². The van der Waals surface area contributed by atoms with Crippen LogP contribution < -0.4 is 10.1 Å². The lowest BCUT2D eigenvalue weighted by Gasteiger charge is -2.42. The summed E-state index contributed by atoms with van der Waals surface area (Å²) in [5.74, 6) is 1.25. The Balaban J connectivity index is 1.37. The second-order valence-electron chi connectivity index (χ2n) is 12.3. The van der Waals surface area contributed by atoms with Gasteiger partial charge in [-0.1, -0.05) is 13.0 Å². The maximum atomic E-state index is 13.6. The van der Waals surface area contributed by atoms with Crippen molar-refractivity contribution < 1.29 is 19.4 Å². The first kappa shape index (κ1) is 27.9. The Morgan fingerprint density at radius 2 is 1.85 bits per heavy atom. The monoisotopic (exact) mass is 547 g/mol. The fourth-order valence-corrected chi connectivity index (χ4v) is 5.93. The van der Waals surface area contributed by atoms with E-state index in [1.807, 2.05) is 33.8 Å². The fraction of sp³-hybridized carbons (Fsp3) is 0.548. The number of aryl methyl sites for hydroxylation is 2. The summed E-state index contributed by atoms with van der Waals surface area (Å²) in [5.41, 5.74) is 4.92. The molecule has 2 aromatic heterocycles. The summed E-state index contributed by atoms with van der Waals surface area (Å²) in [4.78, 5) is 39.6. The topological polar surface area (TPSA) is 120 Å². The van der Waals surface area contributed by atoms with Gasteiger partial charge in [0.05, 0.1) is 17.7 Å². The van der Waals surface area contributed by atoms with Crippen LogP contribution >= 0.6 is 0 Å². The van der Waals surface area contributed by atoms with Gasteiger partial charge in [0.15, 0.2) is 0 Å². The third kappa shape index (κ3) is 5.78. The minimum atomic E-state index is -0.893. The Morgan fingerprint density at radius 3 is 2.48 bits per heavy atom. The Bertz CT molecular complexity index is 1400. The molecular weight excluding hydrogens is 506 g/mol. The number of aromatic amines is 1. The first-order valence-corrected chi connectivity index (χ1v) is 14.5. The molecular formula is C31H41N5O4. The largest absolute Gasteiger partial charge is 0.493 e. The highest BCUT2D eigenvalue weighted by Gasteiger charge is 2.36. The number of aromatic nitrogens is 3. The highest BCUT2D eigenvalue weighted by atomic mass is 16.5. The molecule has 2 saturated carbocycles. The smallest absolute Gasteiger partial charge is 0.407 e. The van der Waals surface area contributed by atoms with E-state index in [1.54, 1.807) is 4.90 Å². The highest BCUT2D eigenvalue weighted by Crippen LogP contribution is 2.37. The van der Waals surface area contributed by atoms with E-state index in [-0.39, 0.29) is 18.0 Å². The molecule has 9 nitrogen and oxygen atoms in total. The van der Waals surface area contributed by atoms with Gasteiger partial charge < -0.3 is 25.0 Å². The van der Waals surface area contributed by atoms with Crippen molar-refractivity contribution in [1.29, 1.82) is 0 Å². The molecule has 2 heterocycles. The molecule has 2 amide bonds. The van der Waals surface area contributed by atoms with Gasteiger partial charge in [-0.15, -0.1) is 0 Å². The van der Waals surface area contributed by atoms with Gasteiger partial charge in [0.2, 0.25) is 0 Å². The van der Waals surface area contributed by atoms with Crippen LogP contribution in [0.2, 0.25) is 0 Å². The van der Waals surface area contributed by atoms with Crippen LogP contribution in [0.5, 0.6) is 5.75 Å². The molecule has 40 heavy (non-hydrogen) atoms. The fourth-order valence-electron chi connectivity index (χ4n) is 5.93. The van der Waals surface area contributed by atoms with Gasteiger partial charge in [0.25, 0.3) is 5.91 Å². The van der Waals surface area contributed by atoms with Crippen molar-refractivity contribution >= 4 is 23.0 Å². The lowest BCUT2D eigenvalue weighted by Crippen LogP contribution is -2.53. The van der Waals surface area contributed by atoms with Crippen molar-refractivity contribution in [3.8, 4) is 17.0 Å². The number of fused-ring (bicyclic) bond motifs is 1. The maximum absolute atomic E-state index is 13.6. The average molecular weight is 548 g/mol. The average Bonchev–Trinajstić information content (AvgIpc) is 3.67. The summed E-state index contributed by atoms with van der Waals surface area (Å²) in [5, 5.41) is 13.0. The maximum Gasteiger partial charge on any atom is 0.407 e. The second-order valence-corrected chi connectivity index (χ2v) is 12.3. The third-order valence-electron chi connectivity index (χ3n) is 8.20. The molecule has 5 rings (SSSR count). The van der Waals surface area contributed by atoms with E-state index in [4.69, 9.17) is 4.74 Å². The zero-order chi connectivity index (χ0) is 28.6. The van der Waals surface area contributed by atoms with Crippen LogP contribution in [-0.4, -0.2) is 61.2 Å². The summed E-state index contributed by atoms with van der Waals surface area (Å²) < 4.78 is 6.22. The zero-order valence-corrected chi connectivity index (χ0v) is 24.2. The molecule has 0 aliphatic heterocycles. The third-order valence-corrected chi connectivity index (χ3v) is 8.20. The Labute approximate surface area is 235 Å². The lowest BCUT2D eigenvalue weighted by atomic mass is 9.88. The van der Waals surface area contributed by atoms with Crippen LogP contribution in [-0.2, 0) is 6.42 Å². The Morgan fingerprint density at radius 1 is 1.12 bits per heavy atom. The van der Waals surface area contributed by atoms with Crippen molar-refractivity contribution in [2.75, 3.05) is 6.61 Å². The van der Waals surface area contributed by atoms with E-state index in [0.29, 0.717) is 36.4 Å². The number of rotatable bonds is 8. The van der Waals surface area contributed by atoms with Crippen molar-refractivity contribution in [2.24, 2.45) is 5.92 Å². The lowest BCUT2D eigenvalue weighted by molar-refractivity contribution is 0.0520. The summed E-state index contributed by atoms with van der Waals surface area (Å²) in [6, 6.07) is 6.17. The van der Waals surface area contributed by atoms with Gasteiger partial charge in [0, 0.05) is 28.9 Å². The van der Waals surface area contributed by atoms with Crippen LogP contribution in [0.15, 0.2) is 24.5 Å². The summed E-state index contributed by atoms with van der Waals surface area (Å²) in [6.45, 7) is 10.5. The Hall–Kier alpha value is -3.62. The van der Waals surface area contributed by atoms with Crippen LogP contribution in [0.4, 0.5) is 4.79 Å². The van der Waals surface area contributed by atoms with Gasteiger partial charge in [-0.05, 0) is 96.3 Å². The predicted molar refractivity (Wildman–Crippen MR) is 155 cm³/mol. The number of hydrogen-bond acceptors (Lipinski definition) is 5. The first-order valence-electron chi connectivity index (χ1n) is 14.5. The number of amides is 2. The molecule has 0 bridgehead atoms. The molecule has 3 N–H and O–H groups in total. The number of carbonyl (C=O) groups is 2. The minimum Gasteiger partial charge on any atom is -0.493 e. The summed E-state index contributed by atoms with van der Waals surface area (Å²) in [7, 11) is 0. The van der Waals surface area contributed by atoms with E-state index in [2.05, 4.69) is 39.3 Å².